The van der Waals surface area contributed by atoms with Gasteiger partial charge in [-0.05, 0) is 43.2 Å². The molecule has 4 rings (SSSR count). The molecule has 2 unspecified atom stereocenters. The molecule has 8 heteroatoms. The van der Waals surface area contributed by atoms with Crippen LogP contribution in [0.5, 0.6) is 0 Å². The third-order valence-corrected chi connectivity index (χ3v) is 6.00. The quantitative estimate of drug-likeness (QED) is 0.662. The third-order valence-electron chi connectivity index (χ3n) is 4.78. The van der Waals surface area contributed by atoms with E-state index >= 15 is 0 Å². The van der Waals surface area contributed by atoms with E-state index in [1.165, 1.54) is 23.9 Å². The molecule has 1 aliphatic rings. The first kappa shape index (κ1) is 19.4. The zero-order valence-electron chi connectivity index (χ0n) is 16.2. The highest BCUT2D eigenvalue weighted by atomic mass is 32.2. The summed E-state index contributed by atoms with van der Waals surface area (Å²) in [5.74, 6) is 0.335. The summed E-state index contributed by atoms with van der Waals surface area (Å²) in [5, 5.41) is 11.6. The van der Waals surface area contributed by atoms with E-state index < -0.39 is 5.25 Å². The average molecular weight is 412 g/mol. The Morgan fingerprint density at radius 2 is 1.90 bits per heavy atom. The Morgan fingerprint density at radius 1 is 1.17 bits per heavy atom. The summed E-state index contributed by atoms with van der Waals surface area (Å²) in [4.78, 5) is 13.1. The Bertz CT molecular complexity index is 1000. The SMILES string of the molecule is CCCc1nnc2n1NC(c1ccc(C)cc1)C(C(=O)Nc1ccc(F)cc1)S2. The fourth-order valence-electron chi connectivity index (χ4n) is 3.25. The van der Waals surface area contributed by atoms with Gasteiger partial charge in [0.25, 0.3) is 0 Å². The lowest BCUT2D eigenvalue weighted by Gasteiger charge is -2.33. The van der Waals surface area contributed by atoms with Gasteiger partial charge in [0, 0.05) is 12.1 Å². The zero-order chi connectivity index (χ0) is 20.4. The Balaban J connectivity index is 1.65. The van der Waals surface area contributed by atoms with Gasteiger partial charge in [-0.2, -0.15) is 0 Å². The predicted octanol–water partition coefficient (Wildman–Crippen LogP) is 4.08. The van der Waals surface area contributed by atoms with Gasteiger partial charge in [-0.15, -0.1) is 10.2 Å². The number of anilines is 1. The highest BCUT2D eigenvalue weighted by Gasteiger charge is 2.37. The van der Waals surface area contributed by atoms with Gasteiger partial charge in [0.05, 0.1) is 6.04 Å². The maximum absolute atomic E-state index is 13.2. The van der Waals surface area contributed by atoms with Crippen molar-refractivity contribution < 1.29 is 9.18 Å². The lowest BCUT2D eigenvalue weighted by atomic mass is 10.0. The van der Waals surface area contributed by atoms with Crippen molar-refractivity contribution >= 4 is 23.4 Å². The zero-order valence-corrected chi connectivity index (χ0v) is 17.0. The summed E-state index contributed by atoms with van der Waals surface area (Å²) in [6, 6.07) is 13.6. The van der Waals surface area contributed by atoms with E-state index in [0.29, 0.717) is 10.8 Å². The minimum Gasteiger partial charge on any atom is -0.325 e. The molecule has 0 spiro atoms. The molecule has 2 heterocycles. The molecule has 1 aliphatic heterocycles. The van der Waals surface area contributed by atoms with Crippen LogP contribution in [-0.2, 0) is 11.2 Å². The van der Waals surface area contributed by atoms with E-state index in [2.05, 4.69) is 27.9 Å². The number of benzene rings is 2. The number of thioether (sulfide) groups is 1. The fourth-order valence-corrected chi connectivity index (χ4v) is 4.35. The van der Waals surface area contributed by atoms with Crippen LogP contribution in [-0.4, -0.2) is 26.0 Å². The number of halogens is 1. The monoisotopic (exact) mass is 411 g/mol. The van der Waals surface area contributed by atoms with E-state index in [1.54, 1.807) is 12.1 Å². The summed E-state index contributed by atoms with van der Waals surface area (Å²) in [6.45, 7) is 4.12. The first-order valence-corrected chi connectivity index (χ1v) is 10.4. The molecule has 1 amide bonds. The Hall–Kier alpha value is -2.87. The minimum atomic E-state index is -0.464. The summed E-state index contributed by atoms with van der Waals surface area (Å²) in [5.41, 5.74) is 6.15. The van der Waals surface area contributed by atoms with E-state index in [-0.39, 0.29) is 17.8 Å². The molecule has 2 aromatic carbocycles. The Morgan fingerprint density at radius 3 is 2.59 bits per heavy atom. The normalized spacial score (nSPS) is 18.0. The van der Waals surface area contributed by atoms with Crippen molar-refractivity contribution in [3.8, 4) is 0 Å². The molecule has 0 saturated heterocycles. The molecule has 29 heavy (non-hydrogen) atoms. The van der Waals surface area contributed by atoms with Gasteiger partial charge >= 0.3 is 0 Å². The van der Waals surface area contributed by atoms with Crippen molar-refractivity contribution in [1.29, 1.82) is 0 Å². The number of carbonyl (C=O) groups is 1. The number of hydrogen-bond acceptors (Lipinski definition) is 5. The van der Waals surface area contributed by atoms with Crippen LogP contribution in [0.25, 0.3) is 0 Å². The van der Waals surface area contributed by atoms with Crippen molar-refractivity contribution in [2.45, 2.75) is 43.1 Å². The van der Waals surface area contributed by atoms with Gasteiger partial charge < -0.3 is 10.7 Å². The van der Waals surface area contributed by atoms with Gasteiger partial charge in [-0.25, -0.2) is 9.07 Å². The standard InChI is InChI=1S/C21H22FN5OS/c1-3-4-17-24-25-21-27(17)26-18(14-7-5-13(2)6-8-14)19(29-21)20(28)23-16-11-9-15(22)10-12-16/h5-12,18-19,26H,3-4H2,1-2H3,(H,23,28). The molecule has 0 radical (unpaired) electrons. The smallest absolute Gasteiger partial charge is 0.240 e. The van der Waals surface area contributed by atoms with E-state index in [0.717, 1.165) is 29.8 Å². The van der Waals surface area contributed by atoms with Crippen molar-refractivity contribution in [2.75, 3.05) is 10.7 Å². The summed E-state index contributed by atoms with van der Waals surface area (Å²) in [7, 11) is 0. The van der Waals surface area contributed by atoms with E-state index in [9.17, 15) is 9.18 Å². The van der Waals surface area contributed by atoms with Gasteiger partial charge in [-0.1, -0.05) is 48.5 Å². The number of aromatic nitrogens is 3. The van der Waals surface area contributed by atoms with Crippen LogP contribution in [0.4, 0.5) is 10.1 Å². The molecule has 2 N–H and O–H groups in total. The molecule has 150 valence electrons. The average Bonchev–Trinajstić information content (AvgIpc) is 3.11. The Kier molecular flexibility index (Phi) is 5.53. The number of nitrogens with one attached hydrogen (secondary N) is 2. The van der Waals surface area contributed by atoms with Gasteiger partial charge in [0.1, 0.15) is 11.1 Å². The van der Waals surface area contributed by atoms with Crippen LogP contribution in [0.3, 0.4) is 0 Å². The lowest BCUT2D eigenvalue weighted by Crippen LogP contribution is -2.41. The third kappa shape index (κ3) is 4.12. The lowest BCUT2D eigenvalue weighted by molar-refractivity contribution is -0.116. The molecular weight excluding hydrogens is 389 g/mol. The number of nitrogens with zero attached hydrogens (tertiary/aromatic N) is 3. The van der Waals surface area contributed by atoms with Crippen LogP contribution in [0.1, 0.15) is 36.3 Å². The van der Waals surface area contributed by atoms with Gasteiger partial charge in [-0.3, -0.25) is 4.79 Å². The maximum atomic E-state index is 13.2. The number of hydrogen-bond donors (Lipinski definition) is 2. The summed E-state index contributed by atoms with van der Waals surface area (Å²) < 4.78 is 15.1. The molecule has 0 aliphatic carbocycles. The first-order valence-electron chi connectivity index (χ1n) is 9.55. The van der Waals surface area contributed by atoms with Crippen molar-refractivity contribution in [2.24, 2.45) is 0 Å². The number of carbonyl (C=O) groups excluding carboxylic acids is 1. The van der Waals surface area contributed by atoms with Crippen molar-refractivity contribution in [3.05, 3.63) is 71.3 Å². The topological polar surface area (TPSA) is 71.8 Å². The van der Waals surface area contributed by atoms with E-state index in [4.69, 9.17) is 0 Å². The molecule has 1 aromatic heterocycles. The number of aryl methyl sites for hydroxylation is 2. The second-order valence-corrected chi connectivity index (χ2v) is 8.14. The number of rotatable bonds is 5. The van der Waals surface area contributed by atoms with E-state index in [1.807, 2.05) is 35.9 Å². The van der Waals surface area contributed by atoms with Crippen molar-refractivity contribution in [3.63, 3.8) is 0 Å². The van der Waals surface area contributed by atoms with Crippen LogP contribution in [0, 0.1) is 12.7 Å². The molecule has 0 fully saturated rings. The van der Waals surface area contributed by atoms with Crippen LogP contribution in [0.2, 0.25) is 0 Å². The number of amides is 1. The number of fused-ring (bicyclic) bond motifs is 1. The largest absolute Gasteiger partial charge is 0.325 e. The minimum absolute atomic E-state index is 0.175. The summed E-state index contributed by atoms with van der Waals surface area (Å²) in [6.07, 6.45) is 1.75. The molecule has 3 aromatic rings. The predicted molar refractivity (Wildman–Crippen MR) is 112 cm³/mol. The Labute approximate surface area is 172 Å². The molecule has 2 atom stereocenters. The van der Waals surface area contributed by atoms with Crippen LogP contribution >= 0.6 is 11.8 Å². The van der Waals surface area contributed by atoms with Crippen LogP contribution in [0.15, 0.2) is 53.7 Å². The highest BCUT2D eigenvalue weighted by Crippen LogP contribution is 2.37. The molecule has 0 saturated carbocycles. The van der Waals surface area contributed by atoms with Gasteiger partial charge in [0.2, 0.25) is 11.1 Å². The molecule has 0 bridgehead atoms. The second kappa shape index (κ2) is 8.24. The maximum Gasteiger partial charge on any atom is 0.240 e. The van der Waals surface area contributed by atoms with Gasteiger partial charge in [0.15, 0.2) is 5.82 Å². The fraction of sp³-hybridized carbons (Fsp3) is 0.286. The van der Waals surface area contributed by atoms with Crippen molar-refractivity contribution in [1.82, 2.24) is 14.9 Å². The first-order chi connectivity index (χ1) is 14.0. The van der Waals surface area contributed by atoms with Crippen LogP contribution < -0.4 is 10.7 Å². The molecule has 6 nitrogen and oxygen atoms in total. The second-order valence-electron chi connectivity index (χ2n) is 7.04. The highest BCUT2D eigenvalue weighted by molar-refractivity contribution is 8.00. The summed E-state index contributed by atoms with van der Waals surface area (Å²) >= 11 is 1.38. The molecular formula is C21H22FN5OS.